The molecule has 0 bridgehead atoms. The molecule has 0 aliphatic carbocycles. The van der Waals surface area contributed by atoms with Gasteiger partial charge in [-0.2, -0.15) is 0 Å². The van der Waals surface area contributed by atoms with Gasteiger partial charge in [0, 0.05) is 11.1 Å². The number of ether oxygens (including phenoxy) is 1. The van der Waals surface area contributed by atoms with Gasteiger partial charge in [0.25, 0.3) is 10.0 Å². The Bertz CT molecular complexity index is 1280. The second-order valence-electron chi connectivity index (χ2n) is 6.27. The largest absolute Gasteiger partial charge is 0.497 e. The summed E-state index contributed by atoms with van der Waals surface area (Å²) in [5.41, 5.74) is 1.05. The number of fused-ring (bicyclic) bond motifs is 1. The zero-order valence-electron chi connectivity index (χ0n) is 15.8. The number of hydrogen-bond donors (Lipinski definition) is 2. The summed E-state index contributed by atoms with van der Waals surface area (Å²) in [4.78, 5) is 9.04. The van der Waals surface area contributed by atoms with E-state index in [9.17, 15) is 8.42 Å². The van der Waals surface area contributed by atoms with Crippen LogP contribution in [0, 0.1) is 0 Å². The minimum Gasteiger partial charge on any atom is -0.497 e. The molecule has 0 unspecified atom stereocenters. The summed E-state index contributed by atoms with van der Waals surface area (Å²) in [6.45, 7) is 0.298. The van der Waals surface area contributed by atoms with Crippen molar-refractivity contribution in [1.82, 2.24) is 9.97 Å². The second kappa shape index (κ2) is 8.21. The van der Waals surface area contributed by atoms with Crippen molar-refractivity contribution in [2.24, 2.45) is 0 Å². The van der Waals surface area contributed by atoms with Gasteiger partial charge >= 0.3 is 0 Å². The maximum Gasteiger partial charge on any atom is 0.263 e. The lowest BCUT2D eigenvalue weighted by molar-refractivity contribution is 0.415. The standard InChI is InChI=1S/C20H17ClN4O4S/c1-28-14-6-9-17-18(11-14)24-19(22-12-15-3-2-10-29-15)20(23-17)25-30(26,27)16-7-4-13(21)5-8-16/h2-11H,12H2,1H3,(H,22,24)(H,23,25). The first-order chi connectivity index (χ1) is 14.4. The summed E-state index contributed by atoms with van der Waals surface area (Å²) in [5.74, 6) is 1.59. The number of nitrogens with zero attached hydrogens (tertiary/aromatic N) is 2. The lowest BCUT2D eigenvalue weighted by Gasteiger charge is -2.14. The van der Waals surface area contributed by atoms with E-state index in [1.54, 1.807) is 43.7 Å². The molecular weight excluding hydrogens is 428 g/mol. The molecule has 0 atom stereocenters. The number of halogens is 1. The molecule has 4 rings (SSSR count). The minimum absolute atomic E-state index is 0.0560. The molecule has 0 radical (unpaired) electrons. The molecule has 0 fully saturated rings. The Balaban J connectivity index is 1.73. The van der Waals surface area contributed by atoms with E-state index in [0.717, 1.165) is 0 Å². The fraction of sp³-hybridized carbons (Fsp3) is 0.100. The number of benzene rings is 2. The normalized spacial score (nSPS) is 11.4. The zero-order valence-corrected chi connectivity index (χ0v) is 17.4. The van der Waals surface area contributed by atoms with Crippen molar-refractivity contribution in [3.05, 3.63) is 71.6 Å². The van der Waals surface area contributed by atoms with Gasteiger partial charge in [-0.3, -0.25) is 4.72 Å². The number of hydrogen-bond acceptors (Lipinski definition) is 7. The highest BCUT2D eigenvalue weighted by atomic mass is 35.5. The van der Waals surface area contributed by atoms with Gasteiger partial charge in [0.1, 0.15) is 11.5 Å². The molecule has 8 nitrogen and oxygen atoms in total. The Morgan fingerprint density at radius 1 is 1.03 bits per heavy atom. The van der Waals surface area contributed by atoms with E-state index in [-0.39, 0.29) is 16.5 Å². The number of aromatic nitrogens is 2. The van der Waals surface area contributed by atoms with Gasteiger partial charge in [0.15, 0.2) is 11.6 Å². The Morgan fingerprint density at radius 3 is 2.50 bits per heavy atom. The van der Waals surface area contributed by atoms with Gasteiger partial charge in [-0.25, -0.2) is 18.4 Å². The first kappa shape index (κ1) is 20.0. The van der Waals surface area contributed by atoms with Crippen molar-refractivity contribution >= 4 is 44.3 Å². The lowest BCUT2D eigenvalue weighted by atomic mass is 10.3. The van der Waals surface area contributed by atoms with Crippen LogP contribution >= 0.6 is 11.6 Å². The van der Waals surface area contributed by atoms with Crippen LogP contribution < -0.4 is 14.8 Å². The van der Waals surface area contributed by atoms with E-state index in [2.05, 4.69) is 20.0 Å². The minimum atomic E-state index is -3.91. The number of anilines is 2. The lowest BCUT2D eigenvalue weighted by Crippen LogP contribution is -2.16. The van der Waals surface area contributed by atoms with E-state index in [4.69, 9.17) is 20.8 Å². The van der Waals surface area contributed by atoms with Gasteiger partial charge in [-0.15, -0.1) is 0 Å². The molecule has 154 valence electrons. The molecule has 0 spiro atoms. The molecule has 0 saturated heterocycles. The number of sulfonamides is 1. The third-order valence-corrected chi connectivity index (χ3v) is 5.84. The van der Waals surface area contributed by atoms with Gasteiger partial charge in [-0.05, 0) is 48.5 Å². The predicted octanol–water partition coefficient (Wildman–Crippen LogP) is 4.30. The average molecular weight is 445 g/mol. The number of nitrogens with one attached hydrogen (secondary N) is 2. The first-order valence-corrected chi connectivity index (χ1v) is 10.7. The third kappa shape index (κ3) is 4.32. The van der Waals surface area contributed by atoms with Crippen LogP contribution in [0.2, 0.25) is 5.02 Å². The molecule has 2 aromatic heterocycles. The van der Waals surface area contributed by atoms with Crippen LogP contribution in [-0.4, -0.2) is 25.5 Å². The molecule has 2 heterocycles. The van der Waals surface area contributed by atoms with Crippen molar-refractivity contribution in [2.45, 2.75) is 11.4 Å². The summed E-state index contributed by atoms with van der Waals surface area (Å²) < 4.78 is 38.7. The van der Waals surface area contributed by atoms with Crippen molar-refractivity contribution in [2.75, 3.05) is 17.1 Å². The van der Waals surface area contributed by atoms with Crippen LogP contribution in [0.1, 0.15) is 5.76 Å². The van der Waals surface area contributed by atoms with Crippen molar-refractivity contribution < 1.29 is 17.6 Å². The van der Waals surface area contributed by atoms with Crippen molar-refractivity contribution in [1.29, 1.82) is 0 Å². The van der Waals surface area contributed by atoms with Gasteiger partial charge in [0.05, 0.1) is 35.8 Å². The maximum atomic E-state index is 12.8. The molecule has 0 saturated carbocycles. The van der Waals surface area contributed by atoms with Crippen LogP contribution in [0.5, 0.6) is 5.75 Å². The summed E-state index contributed by atoms with van der Waals surface area (Å²) in [6.07, 6.45) is 1.55. The Hall–Kier alpha value is -3.30. The quantitative estimate of drug-likeness (QED) is 0.437. The molecule has 0 aliphatic heterocycles. The highest BCUT2D eigenvalue weighted by Gasteiger charge is 2.19. The number of methoxy groups -OCH3 is 1. The van der Waals surface area contributed by atoms with Crippen molar-refractivity contribution in [3.8, 4) is 5.75 Å². The van der Waals surface area contributed by atoms with Crippen LogP contribution in [0.3, 0.4) is 0 Å². The smallest absolute Gasteiger partial charge is 0.263 e. The molecule has 0 amide bonds. The van der Waals surface area contributed by atoms with E-state index in [1.165, 1.54) is 24.3 Å². The van der Waals surface area contributed by atoms with E-state index >= 15 is 0 Å². The van der Waals surface area contributed by atoms with Gasteiger partial charge in [0.2, 0.25) is 0 Å². The summed E-state index contributed by atoms with van der Waals surface area (Å²) in [7, 11) is -2.35. The van der Waals surface area contributed by atoms with Gasteiger partial charge < -0.3 is 14.5 Å². The second-order valence-corrected chi connectivity index (χ2v) is 8.39. The molecular formula is C20H17ClN4O4S. The molecule has 2 N–H and O–H groups in total. The summed E-state index contributed by atoms with van der Waals surface area (Å²) in [6, 6.07) is 14.6. The molecule has 10 heteroatoms. The molecule has 4 aromatic rings. The van der Waals surface area contributed by atoms with Crippen LogP contribution in [-0.2, 0) is 16.6 Å². The van der Waals surface area contributed by atoms with Crippen LogP contribution in [0.25, 0.3) is 11.0 Å². The number of furan rings is 1. The SMILES string of the molecule is COc1ccc2nc(NS(=O)(=O)c3ccc(Cl)cc3)c(NCc3ccco3)nc2c1. The van der Waals surface area contributed by atoms with E-state index < -0.39 is 10.0 Å². The third-order valence-electron chi connectivity index (χ3n) is 4.24. The molecule has 30 heavy (non-hydrogen) atoms. The summed E-state index contributed by atoms with van der Waals surface area (Å²) in [5, 5.41) is 3.51. The summed E-state index contributed by atoms with van der Waals surface area (Å²) >= 11 is 5.86. The van der Waals surface area contributed by atoms with Crippen LogP contribution in [0.4, 0.5) is 11.6 Å². The van der Waals surface area contributed by atoms with E-state index in [1.807, 2.05) is 0 Å². The Labute approximate surface area is 177 Å². The van der Waals surface area contributed by atoms with Crippen LogP contribution in [0.15, 0.2) is 70.2 Å². The maximum absolute atomic E-state index is 12.8. The van der Waals surface area contributed by atoms with Crippen molar-refractivity contribution in [3.63, 3.8) is 0 Å². The van der Waals surface area contributed by atoms with E-state index in [0.29, 0.717) is 34.1 Å². The molecule has 2 aromatic carbocycles. The zero-order chi connectivity index (χ0) is 21.1. The first-order valence-electron chi connectivity index (χ1n) is 8.85. The highest BCUT2D eigenvalue weighted by Crippen LogP contribution is 2.27. The topological polar surface area (TPSA) is 106 Å². The Kier molecular flexibility index (Phi) is 5.47. The Morgan fingerprint density at radius 2 is 1.80 bits per heavy atom. The fourth-order valence-electron chi connectivity index (χ4n) is 2.74. The monoisotopic (exact) mass is 444 g/mol. The average Bonchev–Trinajstić information content (AvgIpc) is 3.25. The van der Waals surface area contributed by atoms with Gasteiger partial charge in [-0.1, -0.05) is 11.6 Å². The predicted molar refractivity (Wildman–Crippen MR) is 114 cm³/mol. The fourth-order valence-corrected chi connectivity index (χ4v) is 3.87. The molecule has 0 aliphatic rings. The highest BCUT2D eigenvalue weighted by molar-refractivity contribution is 7.92. The number of rotatable bonds is 7.